The van der Waals surface area contributed by atoms with Crippen molar-refractivity contribution in [2.24, 2.45) is 0 Å². The highest BCUT2D eigenvalue weighted by molar-refractivity contribution is 5.51. The molecule has 0 fully saturated rings. The van der Waals surface area contributed by atoms with Gasteiger partial charge in [0.05, 0.1) is 6.54 Å². The monoisotopic (exact) mass is 98.0 g/mol. The summed E-state index contributed by atoms with van der Waals surface area (Å²) in [6.07, 6.45) is 0.727. The van der Waals surface area contributed by atoms with Crippen LogP contribution in [0.4, 0.5) is 0 Å². The van der Waals surface area contributed by atoms with Crippen LogP contribution in [0.2, 0.25) is 0 Å². The van der Waals surface area contributed by atoms with E-state index in [0.717, 1.165) is 6.29 Å². The second-order valence-electron chi connectivity index (χ2n) is 0.937. The molecule has 0 spiro atoms. The Morgan fingerprint density at radius 2 is 2.57 bits per heavy atom. The first-order valence-electron chi connectivity index (χ1n) is 1.89. The molecule has 7 heavy (non-hydrogen) atoms. The maximum atomic E-state index is 9.51. The normalized spacial score (nSPS) is 7.29. The highest BCUT2D eigenvalue weighted by Gasteiger charge is 1.78. The third-order valence-corrected chi connectivity index (χ3v) is 0.419. The van der Waals surface area contributed by atoms with Crippen LogP contribution in [-0.2, 0) is 4.79 Å². The van der Waals surface area contributed by atoms with Crippen LogP contribution in [0.25, 0.3) is 4.85 Å². The van der Waals surface area contributed by atoms with Crippen LogP contribution in [0, 0.1) is 6.57 Å². The lowest BCUT2D eigenvalue weighted by Gasteiger charge is -1.81. The minimum absolute atomic E-state index is 0.235. The van der Waals surface area contributed by atoms with Crippen molar-refractivity contribution >= 4 is 6.29 Å². The molecule has 0 aliphatic carbocycles. The van der Waals surface area contributed by atoms with E-state index in [4.69, 9.17) is 6.57 Å². The van der Waals surface area contributed by atoms with Gasteiger partial charge in [-0.1, -0.05) is 0 Å². The molecule has 0 radical (unpaired) electrons. The number of nitrogens with zero attached hydrogens (tertiary/aromatic N) is 1. The largest absolute Gasteiger partial charge is 0.302 e. The molecule has 0 saturated heterocycles. The van der Waals surface area contributed by atoms with Gasteiger partial charge in [-0.05, 0) is 0 Å². The first-order valence-corrected chi connectivity index (χ1v) is 1.89. The maximum Gasteiger partial charge on any atom is 0.268 e. The molecule has 0 aromatic rings. The third-order valence-electron chi connectivity index (χ3n) is 0.419. The predicted molar refractivity (Wildman–Crippen MR) is 25.5 cm³/mol. The lowest BCUT2D eigenvalue weighted by molar-refractivity contribution is -0.107. The molecule has 0 amide bonds. The fourth-order valence-electron chi connectivity index (χ4n) is 0.179. The van der Waals surface area contributed by atoms with Crippen LogP contribution in [0.15, 0.2) is 0 Å². The van der Waals surface area contributed by atoms with Gasteiger partial charge in [-0.25, -0.2) is 11.9 Å². The number of nitrogens with one attached hydrogen (secondary N) is 1. The molecule has 0 unspecified atom stereocenters. The predicted octanol–water partition coefficient (Wildman–Crippen LogP) is -0.348. The van der Waals surface area contributed by atoms with E-state index in [-0.39, 0.29) is 13.2 Å². The molecule has 0 atom stereocenters. The zero-order valence-corrected chi connectivity index (χ0v) is 3.85. The van der Waals surface area contributed by atoms with Crippen LogP contribution >= 0.6 is 0 Å². The van der Waals surface area contributed by atoms with Crippen molar-refractivity contribution in [2.45, 2.75) is 0 Å². The summed E-state index contributed by atoms with van der Waals surface area (Å²) >= 11 is 0. The van der Waals surface area contributed by atoms with E-state index in [9.17, 15) is 4.79 Å². The highest BCUT2D eigenvalue weighted by atomic mass is 16.1. The van der Waals surface area contributed by atoms with E-state index in [1.165, 1.54) is 0 Å². The van der Waals surface area contributed by atoms with E-state index < -0.39 is 0 Å². The van der Waals surface area contributed by atoms with E-state index in [1.807, 2.05) is 0 Å². The molecule has 0 aliphatic heterocycles. The van der Waals surface area contributed by atoms with Crippen LogP contribution in [0.3, 0.4) is 0 Å². The summed E-state index contributed by atoms with van der Waals surface area (Å²) in [5.74, 6) is 0. The highest BCUT2D eigenvalue weighted by Crippen LogP contribution is 1.54. The summed E-state index contributed by atoms with van der Waals surface area (Å²) in [6, 6.07) is 0. The summed E-state index contributed by atoms with van der Waals surface area (Å²) in [6.45, 7) is 6.74. The second-order valence-corrected chi connectivity index (χ2v) is 0.937. The number of aldehydes is 1. The van der Waals surface area contributed by atoms with Gasteiger partial charge in [0.1, 0.15) is 6.29 Å². The zero-order chi connectivity index (χ0) is 5.54. The fourth-order valence-corrected chi connectivity index (χ4v) is 0.179. The Kier molecular flexibility index (Phi) is 4.48. The number of hydrogen-bond acceptors (Lipinski definition) is 2. The van der Waals surface area contributed by atoms with Gasteiger partial charge in [-0.2, -0.15) is 0 Å². The van der Waals surface area contributed by atoms with Crippen molar-refractivity contribution in [3.63, 3.8) is 0 Å². The van der Waals surface area contributed by atoms with Crippen LogP contribution in [0.1, 0.15) is 0 Å². The lowest BCUT2D eigenvalue weighted by Crippen LogP contribution is -2.14. The molecule has 3 heteroatoms. The Labute approximate surface area is 42.1 Å². The minimum atomic E-state index is 0.235. The maximum absolute atomic E-state index is 9.51. The van der Waals surface area contributed by atoms with Gasteiger partial charge in [0.15, 0.2) is 0 Å². The molecule has 0 rings (SSSR count). The Hall–Kier alpha value is -0.880. The van der Waals surface area contributed by atoms with E-state index >= 15 is 0 Å². The number of carbonyl (C=O) groups excluding carboxylic acids is 1. The van der Waals surface area contributed by atoms with Gasteiger partial charge in [0.25, 0.3) is 6.67 Å². The molecule has 3 nitrogen and oxygen atoms in total. The SMILES string of the molecule is [C-]#[N+]CNCC=O. The molecule has 0 aliphatic rings. The van der Waals surface area contributed by atoms with Gasteiger partial charge >= 0.3 is 0 Å². The Morgan fingerprint density at radius 3 is 3.00 bits per heavy atom. The van der Waals surface area contributed by atoms with E-state index in [0.29, 0.717) is 0 Å². The average molecular weight is 98.1 g/mol. The van der Waals surface area contributed by atoms with Gasteiger partial charge in [0, 0.05) is 0 Å². The van der Waals surface area contributed by atoms with Gasteiger partial charge in [-0.3, -0.25) is 4.85 Å². The van der Waals surface area contributed by atoms with Crippen molar-refractivity contribution < 1.29 is 4.79 Å². The van der Waals surface area contributed by atoms with Gasteiger partial charge in [0.2, 0.25) is 0 Å². The van der Waals surface area contributed by atoms with Crippen molar-refractivity contribution in [1.29, 1.82) is 0 Å². The van der Waals surface area contributed by atoms with E-state index in [1.54, 1.807) is 0 Å². The summed E-state index contributed by atoms with van der Waals surface area (Å²) in [4.78, 5) is 12.5. The van der Waals surface area contributed by atoms with Crippen molar-refractivity contribution in [3.8, 4) is 0 Å². The van der Waals surface area contributed by atoms with Crippen LogP contribution in [0.5, 0.6) is 0 Å². The smallest absolute Gasteiger partial charge is 0.268 e. The minimum Gasteiger partial charge on any atom is -0.302 e. The topological polar surface area (TPSA) is 33.5 Å². The van der Waals surface area contributed by atoms with Crippen molar-refractivity contribution in [1.82, 2.24) is 5.32 Å². The standard InChI is InChI=1S/C4H6N2O/c1-5-4-6-2-3-7/h3,6H,2,4H2. The summed E-state index contributed by atoms with van der Waals surface area (Å²) < 4.78 is 0. The summed E-state index contributed by atoms with van der Waals surface area (Å²) in [7, 11) is 0. The molecule has 0 bridgehead atoms. The summed E-state index contributed by atoms with van der Waals surface area (Å²) in [5, 5.41) is 2.56. The number of carbonyl (C=O) groups is 1. The Bertz CT molecular complexity index is 84.2. The number of rotatable bonds is 3. The first-order chi connectivity index (χ1) is 3.41. The van der Waals surface area contributed by atoms with Crippen molar-refractivity contribution in [2.75, 3.05) is 13.2 Å². The van der Waals surface area contributed by atoms with Crippen molar-refractivity contribution in [3.05, 3.63) is 11.4 Å². The zero-order valence-electron chi connectivity index (χ0n) is 3.85. The third kappa shape index (κ3) is 5.12. The molecule has 0 heterocycles. The molecule has 38 valence electrons. The molecular weight excluding hydrogens is 92.1 g/mol. The lowest BCUT2D eigenvalue weighted by atomic mass is 10.7. The van der Waals surface area contributed by atoms with Crippen LogP contribution < -0.4 is 5.32 Å². The quantitative estimate of drug-likeness (QED) is 0.297. The molecular formula is C4H6N2O. The van der Waals surface area contributed by atoms with Gasteiger partial charge in [-0.15, -0.1) is 0 Å². The van der Waals surface area contributed by atoms with Gasteiger partial charge < -0.3 is 4.79 Å². The fraction of sp³-hybridized carbons (Fsp3) is 0.500. The molecule has 0 saturated carbocycles. The molecule has 0 aromatic heterocycles. The van der Waals surface area contributed by atoms with E-state index in [2.05, 4.69) is 10.2 Å². The Balaban J connectivity index is 2.72. The second kappa shape index (κ2) is 5.12. The molecule has 0 aromatic carbocycles. The number of hydrogen-bond donors (Lipinski definition) is 1. The Morgan fingerprint density at radius 1 is 1.86 bits per heavy atom. The van der Waals surface area contributed by atoms with Crippen LogP contribution in [-0.4, -0.2) is 19.5 Å². The average Bonchev–Trinajstić information content (AvgIpc) is 1.69. The molecule has 1 N–H and O–H groups in total. The summed E-state index contributed by atoms with van der Waals surface area (Å²) in [5.41, 5.74) is 0. The first kappa shape index (κ1) is 6.12.